The lowest BCUT2D eigenvalue weighted by Gasteiger charge is -2.28. The van der Waals surface area contributed by atoms with E-state index in [2.05, 4.69) is 26.5 Å². The summed E-state index contributed by atoms with van der Waals surface area (Å²) in [6, 6.07) is 0. The fourth-order valence-electron chi connectivity index (χ4n) is 1.65. The summed E-state index contributed by atoms with van der Waals surface area (Å²) in [5.74, 6) is 1.79. The summed E-state index contributed by atoms with van der Waals surface area (Å²) in [4.78, 5) is 0. The quantitative estimate of drug-likeness (QED) is 0.497. The maximum Gasteiger partial charge on any atom is 0.00426 e. The average molecular weight is 144 g/mol. The normalized spacial score (nSPS) is 45.0. The van der Waals surface area contributed by atoms with Gasteiger partial charge in [-0.25, -0.2) is 0 Å². The van der Waals surface area contributed by atoms with Crippen molar-refractivity contribution in [3.8, 4) is 0 Å². The maximum atomic E-state index is 4.50. The zero-order chi connectivity index (χ0) is 6.85. The maximum absolute atomic E-state index is 4.50. The largest absolute Gasteiger partial charge is 0.176 e. The Balaban J connectivity index is 2.35. The van der Waals surface area contributed by atoms with Crippen LogP contribution in [0.4, 0.5) is 0 Å². The highest BCUT2D eigenvalue weighted by atomic mass is 32.1. The number of hydrogen-bond donors (Lipinski definition) is 1. The predicted molar refractivity (Wildman–Crippen MR) is 45.0 cm³/mol. The van der Waals surface area contributed by atoms with E-state index in [0.29, 0.717) is 5.25 Å². The van der Waals surface area contributed by atoms with Gasteiger partial charge in [0.1, 0.15) is 0 Å². The van der Waals surface area contributed by atoms with Crippen LogP contribution < -0.4 is 0 Å². The predicted octanol–water partition coefficient (Wildman–Crippen LogP) is 2.74. The van der Waals surface area contributed by atoms with Crippen molar-refractivity contribution < 1.29 is 0 Å². The molecule has 54 valence electrons. The van der Waals surface area contributed by atoms with Crippen LogP contribution in [-0.4, -0.2) is 5.25 Å². The van der Waals surface area contributed by atoms with Crippen LogP contribution >= 0.6 is 12.6 Å². The zero-order valence-electron chi connectivity index (χ0n) is 6.30. The highest BCUT2D eigenvalue weighted by Crippen LogP contribution is 2.31. The van der Waals surface area contributed by atoms with Crippen molar-refractivity contribution >= 4 is 12.6 Å². The van der Waals surface area contributed by atoms with Crippen molar-refractivity contribution in [2.75, 3.05) is 0 Å². The van der Waals surface area contributed by atoms with Crippen LogP contribution in [0.15, 0.2) is 0 Å². The van der Waals surface area contributed by atoms with Crippen molar-refractivity contribution in [2.45, 2.75) is 38.4 Å². The lowest BCUT2D eigenvalue weighted by molar-refractivity contribution is 0.311. The first-order valence-corrected chi connectivity index (χ1v) is 4.40. The van der Waals surface area contributed by atoms with E-state index in [1.807, 2.05) is 0 Å². The van der Waals surface area contributed by atoms with Crippen LogP contribution in [0.2, 0.25) is 0 Å². The number of rotatable bonds is 0. The van der Waals surface area contributed by atoms with E-state index >= 15 is 0 Å². The third-order valence-electron chi connectivity index (χ3n) is 2.39. The fourth-order valence-corrected chi connectivity index (χ4v) is 1.92. The molecule has 0 aromatic heterocycles. The van der Waals surface area contributed by atoms with Gasteiger partial charge in [0.2, 0.25) is 0 Å². The number of hydrogen-bond acceptors (Lipinski definition) is 1. The molecule has 0 aromatic carbocycles. The van der Waals surface area contributed by atoms with Gasteiger partial charge in [0.15, 0.2) is 0 Å². The molecule has 1 heteroatoms. The first kappa shape index (κ1) is 7.46. The zero-order valence-corrected chi connectivity index (χ0v) is 7.20. The minimum Gasteiger partial charge on any atom is -0.176 e. The molecule has 1 aliphatic rings. The van der Waals surface area contributed by atoms with Crippen molar-refractivity contribution in [2.24, 2.45) is 11.8 Å². The molecule has 1 rings (SSSR count). The standard InChI is InChI=1S/C8H16S/c1-6-3-4-8(9)7(2)5-6/h6-9H,3-5H2,1-2H3. The molecule has 0 nitrogen and oxygen atoms in total. The molecule has 0 N–H and O–H groups in total. The van der Waals surface area contributed by atoms with Crippen molar-refractivity contribution in [1.82, 2.24) is 0 Å². The molecule has 0 aromatic rings. The SMILES string of the molecule is CC1CCC(S)C(C)C1. The molecular weight excluding hydrogens is 128 g/mol. The van der Waals surface area contributed by atoms with Gasteiger partial charge < -0.3 is 0 Å². The Morgan fingerprint density at radius 2 is 1.89 bits per heavy atom. The summed E-state index contributed by atoms with van der Waals surface area (Å²) < 4.78 is 0. The second kappa shape index (κ2) is 2.96. The molecule has 3 atom stereocenters. The van der Waals surface area contributed by atoms with E-state index in [9.17, 15) is 0 Å². The van der Waals surface area contributed by atoms with Gasteiger partial charge in [-0.05, 0) is 31.1 Å². The van der Waals surface area contributed by atoms with Crippen LogP contribution in [0.3, 0.4) is 0 Å². The third-order valence-corrected chi connectivity index (χ3v) is 3.15. The lowest BCUT2D eigenvalue weighted by Crippen LogP contribution is -2.21. The van der Waals surface area contributed by atoms with Gasteiger partial charge in [-0.15, -0.1) is 0 Å². The van der Waals surface area contributed by atoms with Gasteiger partial charge in [0.05, 0.1) is 0 Å². The van der Waals surface area contributed by atoms with Crippen molar-refractivity contribution in [1.29, 1.82) is 0 Å². The fraction of sp³-hybridized carbons (Fsp3) is 1.00. The van der Waals surface area contributed by atoms with Crippen molar-refractivity contribution in [3.05, 3.63) is 0 Å². The summed E-state index contributed by atoms with van der Waals surface area (Å²) in [5, 5.41) is 0.682. The van der Waals surface area contributed by atoms with Crippen LogP contribution in [0, 0.1) is 11.8 Å². The van der Waals surface area contributed by atoms with Gasteiger partial charge in [0.25, 0.3) is 0 Å². The van der Waals surface area contributed by atoms with Gasteiger partial charge in [-0.1, -0.05) is 13.8 Å². The summed E-state index contributed by atoms with van der Waals surface area (Å²) in [5.41, 5.74) is 0. The summed E-state index contributed by atoms with van der Waals surface area (Å²) >= 11 is 4.50. The minimum atomic E-state index is 0.682. The molecule has 0 saturated heterocycles. The van der Waals surface area contributed by atoms with Gasteiger partial charge in [-0.3, -0.25) is 0 Å². The third kappa shape index (κ3) is 1.89. The van der Waals surface area contributed by atoms with Gasteiger partial charge in [-0.2, -0.15) is 12.6 Å². The van der Waals surface area contributed by atoms with Crippen LogP contribution in [0.1, 0.15) is 33.1 Å². The minimum absolute atomic E-state index is 0.682. The summed E-state index contributed by atoms with van der Waals surface area (Å²) in [7, 11) is 0. The first-order chi connectivity index (χ1) is 4.20. The molecule has 1 fully saturated rings. The van der Waals surface area contributed by atoms with Gasteiger partial charge in [0, 0.05) is 5.25 Å². The molecule has 0 amide bonds. The van der Waals surface area contributed by atoms with E-state index in [1.54, 1.807) is 0 Å². The van der Waals surface area contributed by atoms with E-state index in [4.69, 9.17) is 0 Å². The Morgan fingerprint density at radius 3 is 2.33 bits per heavy atom. The molecular formula is C8H16S. The Morgan fingerprint density at radius 1 is 1.22 bits per heavy atom. The smallest absolute Gasteiger partial charge is 0.00426 e. The second-order valence-corrected chi connectivity index (χ2v) is 4.13. The highest BCUT2D eigenvalue weighted by Gasteiger charge is 2.21. The van der Waals surface area contributed by atoms with Gasteiger partial charge >= 0.3 is 0 Å². The monoisotopic (exact) mass is 144 g/mol. The highest BCUT2D eigenvalue weighted by molar-refractivity contribution is 7.81. The molecule has 9 heavy (non-hydrogen) atoms. The Kier molecular flexibility index (Phi) is 2.45. The van der Waals surface area contributed by atoms with E-state index < -0.39 is 0 Å². The topological polar surface area (TPSA) is 0 Å². The first-order valence-electron chi connectivity index (χ1n) is 3.88. The Labute approximate surface area is 63.4 Å². The molecule has 0 aliphatic heterocycles. The molecule has 0 heterocycles. The average Bonchev–Trinajstić information content (AvgIpc) is 1.80. The van der Waals surface area contributed by atoms with Crippen LogP contribution in [-0.2, 0) is 0 Å². The molecule has 3 unspecified atom stereocenters. The molecule has 0 spiro atoms. The van der Waals surface area contributed by atoms with Crippen molar-refractivity contribution in [3.63, 3.8) is 0 Å². The molecule has 1 saturated carbocycles. The Bertz CT molecular complexity index is 90.6. The van der Waals surface area contributed by atoms with E-state index in [0.717, 1.165) is 11.8 Å². The van der Waals surface area contributed by atoms with E-state index in [1.165, 1.54) is 19.3 Å². The molecule has 1 aliphatic carbocycles. The van der Waals surface area contributed by atoms with Crippen LogP contribution in [0.5, 0.6) is 0 Å². The summed E-state index contributed by atoms with van der Waals surface area (Å²) in [6.45, 7) is 4.66. The summed E-state index contributed by atoms with van der Waals surface area (Å²) in [6.07, 6.45) is 4.10. The number of thiol groups is 1. The Hall–Kier alpha value is 0.350. The molecule has 0 bridgehead atoms. The lowest BCUT2D eigenvalue weighted by atomic mass is 9.83. The van der Waals surface area contributed by atoms with E-state index in [-0.39, 0.29) is 0 Å². The second-order valence-electron chi connectivity index (χ2n) is 3.46. The van der Waals surface area contributed by atoms with Crippen LogP contribution in [0.25, 0.3) is 0 Å². The molecule has 0 radical (unpaired) electrons.